The van der Waals surface area contributed by atoms with Gasteiger partial charge in [0.05, 0.1) is 6.10 Å². The molecule has 1 amide bonds. The molecule has 154 valence electrons. The molecule has 5 nitrogen and oxygen atoms in total. The molecule has 3 N–H and O–H groups in total. The lowest BCUT2D eigenvalue weighted by atomic mass is 9.99. The van der Waals surface area contributed by atoms with Crippen molar-refractivity contribution < 1.29 is 9.53 Å². The van der Waals surface area contributed by atoms with Gasteiger partial charge in [0.15, 0.2) is 0 Å². The number of benzene rings is 1. The summed E-state index contributed by atoms with van der Waals surface area (Å²) in [6.07, 6.45) is 3.94. The molecule has 27 heavy (non-hydrogen) atoms. The van der Waals surface area contributed by atoms with Gasteiger partial charge < -0.3 is 15.8 Å². The molecule has 7 heteroatoms. The Morgan fingerprint density at radius 1 is 1.22 bits per heavy atom. The van der Waals surface area contributed by atoms with Crippen LogP contribution in [0.3, 0.4) is 0 Å². The van der Waals surface area contributed by atoms with E-state index in [2.05, 4.69) is 35.3 Å². The number of carbonyl (C=O) groups is 1. The summed E-state index contributed by atoms with van der Waals surface area (Å²) in [4.78, 5) is 14.9. The van der Waals surface area contributed by atoms with E-state index in [-0.39, 0.29) is 42.9 Å². The van der Waals surface area contributed by atoms with Gasteiger partial charge in [-0.25, -0.2) is 0 Å². The standard InChI is InChI=1S/C20H31N3O2.2ClH/c1-15-5-4-10-23(13-15)14-17-7-3-2-6-16(17)12-22-20(24)19-9-8-18(11-21)25-19;;/h2-3,6-7,15,18-19H,4-5,8-14,21H2,1H3,(H,22,24);2*1H/t15?,18-,19+;;/m1../s1. The average Bonchev–Trinajstić information content (AvgIpc) is 3.10. The lowest BCUT2D eigenvalue weighted by Crippen LogP contribution is -2.36. The highest BCUT2D eigenvalue weighted by molar-refractivity contribution is 5.85. The average molecular weight is 418 g/mol. The van der Waals surface area contributed by atoms with Crippen molar-refractivity contribution in [3.8, 4) is 0 Å². The molecule has 0 radical (unpaired) electrons. The van der Waals surface area contributed by atoms with E-state index >= 15 is 0 Å². The number of likely N-dealkylation sites (tertiary alicyclic amines) is 1. The van der Waals surface area contributed by atoms with E-state index in [0.717, 1.165) is 31.8 Å². The zero-order chi connectivity index (χ0) is 17.6. The summed E-state index contributed by atoms with van der Waals surface area (Å²) in [6.45, 7) is 6.67. The Kier molecular flexibility index (Phi) is 10.6. The number of nitrogens with one attached hydrogen (secondary N) is 1. The molecular weight excluding hydrogens is 385 g/mol. The van der Waals surface area contributed by atoms with Crippen molar-refractivity contribution in [2.24, 2.45) is 11.7 Å². The first-order chi connectivity index (χ1) is 12.2. The van der Waals surface area contributed by atoms with Gasteiger partial charge in [-0.1, -0.05) is 31.2 Å². The van der Waals surface area contributed by atoms with Gasteiger partial charge in [0.2, 0.25) is 5.91 Å². The predicted molar refractivity (Wildman–Crippen MR) is 113 cm³/mol. The van der Waals surface area contributed by atoms with Gasteiger partial charge in [0.25, 0.3) is 0 Å². The first kappa shape index (κ1) is 24.2. The molecule has 2 aliphatic heterocycles. The molecule has 0 aliphatic carbocycles. The van der Waals surface area contributed by atoms with E-state index in [1.165, 1.54) is 30.5 Å². The zero-order valence-electron chi connectivity index (χ0n) is 16.1. The number of piperidine rings is 1. The van der Waals surface area contributed by atoms with Crippen molar-refractivity contribution in [3.05, 3.63) is 35.4 Å². The minimum absolute atomic E-state index is 0. The smallest absolute Gasteiger partial charge is 0.249 e. The highest BCUT2D eigenvalue weighted by Crippen LogP contribution is 2.21. The summed E-state index contributed by atoms with van der Waals surface area (Å²) < 4.78 is 5.68. The Labute approximate surface area is 175 Å². The first-order valence-corrected chi connectivity index (χ1v) is 9.58. The summed E-state index contributed by atoms with van der Waals surface area (Å²) in [5.41, 5.74) is 8.12. The van der Waals surface area contributed by atoms with E-state index in [9.17, 15) is 4.79 Å². The number of hydrogen-bond acceptors (Lipinski definition) is 4. The minimum Gasteiger partial charge on any atom is -0.364 e. The number of amides is 1. The topological polar surface area (TPSA) is 67.6 Å². The third kappa shape index (κ3) is 6.91. The maximum atomic E-state index is 12.3. The second-order valence-corrected chi connectivity index (χ2v) is 7.53. The van der Waals surface area contributed by atoms with Gasteiger partial charge in [-0.2, -0.15) is 0 Å². The van der Waals surface area contributed by atoms with Crippen LogP contribution >= 0.6 is 24.8 Å². The van der Waals surface area contributed by atoms with Gasteiger partial charge in [0.1, 0.15) is 6.10 Å². The zero-order valence-corrected chi connectivity index (χ0v) is 17.7. The molecule has 0 aromatic heterocycles. The van der Waals surface area contributed by atoms with Crippen LogP contribution in [0.15, 0.2) is 24.3 Å². The van der Waals surface area contributed by atoms with Gasteiger partial charge in [-0.05, 0) is 49.3 Å². The van der Waals surface area contributed by atoms with Crippen molar-refractivity contribution in [1.82, 2.24) is 10.2 Å². The Hall–Kier alpha value is -0.850. The van der Waals surface area contributed by atoms with E-state index in [0.29, 0.717) is 13.1 Å². The minimum atomic E-state index is -0.344. The van der Waals surface area contributed by atoms with Crippen LogP contribution in [0.2, 0.25) is 0 Å². The molecule has 2 fully saturated rings. The highest BCUT2D eigenvalue weighted by atomic mass is 35.5. The van der Waals surface area contributed by atoms with Crippen LogP contribution in [0.25, 0.3) is 0 Å². The van der Waals surface area contributed by atoms with Gasteiger partial charge in [-0.3, -0.25) is 9.69 Å². The summed E-state index contributed by atoms with van der Waals surface area (Å²) in [5.74, 6) is 0.757. The lowest BCUT2D eigenvalue weighted by Gasteiger charge is -2.31. The molecule has 0 saturated carbocycles. The maximum Gasteiger partial charge on any atom is 0.249 e. The predicted octanol–water partition coefficient (Wildman–Crippen LogP) is 2.88. The van der Waals surface area contributed by atoms with E-state index < -0.39 is 0 Å². The Morgan fingerprint density at radius 3 is 2.63 bits per heavy atom. The lowest BCUT2D eigenvalue weighted by molar-refractivity contribution is -0.132. The molecule has 2 heterocycles. The Bertz CT molecular complexity index is 588. The largest absolute Gasteiger partial charge is 0.364 e. The summed E-state index contributed by atoms with van der Waals surface area (Å²) in [5, 5.41) is 3.05. The molecule has 3 rings (SSSR count). The number of carbonyl (C=O) groups excluding carboxylic acids is 1. The molecular formula is C20H33Cl2N3O2. The summed E-state index contributed by atoms with van der Waals surface area (Å²) in [7, 11) is 0. The van der Waals surface area contributed by atoms with Crippen LogP contribution in [0.5, 0.6) is 0 Å². The molecule has 1 unspecified atom stereocenters. The number of rotatable bonds is 6. The SMILES string of the molecule is CC1CCCN(Cc2ccccc2CNC(=O)[C@@H]2CC[C@H](CN)O2)C1.Cl.Cl. The number of nitrogens with zero attached hydrogens (tertiary/aromatic N) is 1. The second kappa shape index (κ2) is 11.9. The summed E-state index contributed by atoms with van der Waals surface area (Å²) in [6, 6.07) is 8.42. The molecule has 3 atom stereocenters. The Morgan fingerprint density at radius 2 is 1.96 bits per heavy atom. The van der Waals surface area contributed by atoms with Gasteiger partial charge in [-0.15, -0.1) is 24.8 Å². The fourth-order valence-corrected chi connectivity index (χ4v) is 3.92. The fourth-order valence-electron chi connectivity index (χ4n) is 3.92. The van der Waals surface area contributed by atoms with Crippen LogP contribution in [-0.4, -0.2) is 42.6 Å². The van der Waals surface area contributed by atoms with Crippen LogP contribution in [0.4, 0.5) is 0 Å². The van der Waals surface area contributed by atoms with Crippen LogP contribution in [0, 0.1) is 5.92 Å². The maximum absolute atomic E-state index is 12.3. The van der Waals surface area contributed by atoms with Crippen molar-refractivity contribution in [3.63, 3.8) is 0 Å². The van der Waals surface area contributed by atoms with Gasteiger partial charge >= 0.3 is 0 Å². The molecule has 0 spiro atoms. The van der Waals surface area contributed by atoms with E-state index in [1.807, 2.05) is 6.07 Å². The first-order valence-electron chi connectivity index (χ1n) is 9.58. The third-order valence-corrected chi connectivity index (χ3v) is 5.37. The summed E-state index contributed by atoms with van der Waals surface area (Å²) >= 11 is 0. The van der Waals surface area contributed by atoms with Crippen LogP contribution in [0.1, 0.15) is 43.7 Å². The van der Waals surface area contributed by atoms with Crippen LogP contribution in [-0.2, 0) is 22.6 Å². The van der Waals surface area contributed by atoms with Crippen molar-refractivity contribution in [1.29, 1.82) is 0 Å². The number of halogens is 2. The fraction of sp³-hybridized carbons (Fsp3) is 0.650. The number of ether oxygens (including phenoxy) is 1. The quantitative estimate of drug-likeness (QED) is 0.746. The van der Waals surface area contributed by atoms with E-state index in [4.69, 9.17) is 10.5 Å². The molecule has 2 aliphatic rings. The molecule has 1 aromatic carbocycles. The molecule has 2 saturated heterocycles. The molecule has 0 bridgehead atoms. The highest BCUT2D eigenvalue weighted by Gasteiger charge is 2.29. The van der Waals surface area contributed by atoms with Crippen molar-refractivity contribution in [2.45, 2.75) is 57.9 Å². The van der Waals surface area contributed by atoms with Crippen molar-refractivity contribution in [2.75, 3.05) is 19.6 Å². The van der Waals surface area contributed by atoms with Crippen molar-refractivity contribution >= 4 is 30.7 Å². The third-order valence-electron chi connectivity index (χ3n) is 5.37. The number of hydrogen-bond donors (Lipinski definition) is 2. The number of nitrogens with two attached hydrogens (primary N) is 1. The Balaban J connectivity index is 0.00000182. The monoisotopic (exact) mass is 417 g/mol. The van der Waals surface area contributed by atoms with Gasteiger partial charge in [0, 0.05) is 26.2 Å². The second-order valence-electron chi connectivity index (χ2n) is 7.53. The van der Waals surface area contributed by atoms with E-state index in [1.54, 1.807) is 0 Å². The normalized spacial score (nSPS) is 25.3. The van der Waals surface area contributed by atoms with Crippen LogP contribution < -0.4 is 11.1 Å². The molecule has 1 aromatic rings.